The van der Waals surface area contributed by atoms with Crippen LogP contribution >= 0.6 is 0 Å². The Morgan fingerprint density at radius 1 is 1.29 bits per heavy atom. The lowest BCUT2D eigenvalue weighted by molar-refractivity contribution is -0.132. The average molecular weight is 281 g/mol. The number of aliphatic carboxylic acids is 1. The average Bonchev–Trinajstić information content (AvgIpc) is 2.50. The van der Waals surface area contributed by atoms with E-state index in [-0.39, 0.29) is 5.57 Å². The van der Waals surface area contributed by atoms with Crippen LogP contribution in [0.3, 0.4) is 0 Å². The fraction of sp³-hybridized carbons (Fsp3) is 0.222. The number of carbonyl (C=O) groups is 1. The van der Waals surface area contributed by atoms with E-state index in [0.29, 0.717) is 6.42 Å². The maximum Gasteiger partial charge on any atom is 0.335 e. The Morgan fingerprint density at radius 2 is 2.00 bits per heavy atom. The minimum absolute atomic E-state index is 0.178. The molecule has 1 aromatic carbocycles. The number of unbranched alkanes of at least 4 members (excludes halogenated alkanes) is 1. The van der Waals surface area contributed by atoms with Gasteiger partial charge < -0.3 is 5.11 Å². The van der Waals surface area contributed by atoms with E-state index < -0.39 is 5.97 Å². The van der Waals surface area contributed by atoms with Crippen molar-refractivity contribution in [2.75, 3.05) is 0 Å². The Balaban J connectivity index is 3.13. The lowest BCUT2D eigenvalue weighted by atomic mass is 10.0. The molecule has 0 fully saturated rings. The zero-order chi connectivity index (χ0) is 15.5. The first-order chi connectivity index (χ1) is 10.2. The molecule has 0 unspecified atom stereocenters. The summed E-state index contributed by atoms with van der Waals surface area (Å²) in [5.74, 6) is -1.01. The summed E-state index contributed by atoms with van der Waals surface area (Å²) in [5.41, 5.74) is 1.93. The third kappa shape index (κ3) is 5.92. The van der Waals surface area contributed by atoms with Crippen molar-refractivity contribution >= 4 is 12.0 Å². The number of allylic oxidation sites excluding steroid dienone is 3. The molecule has 0 radical (unpaired) electrons. The smallest absolute Gasteiger partial charge is 0.335 e. The second-order valence-electron chi connectivity index (χ2n) is 4.55. The summed E-state index contributed by atoms with van der Waals surface area (Å²) in [6.07, 6.45) is 8.86. The first kappa shape index (κ1) is 16.5. The maximum atomic E-state index is 11.4. The molecule has 1 aromatic rings. The normalized spacial score (nSPS) is 12.4. The summed E-state index contributed by atoms with van der Waals surface area (Å²) >= 11 is 0. The number of nitrogens with zero attached hydrogens (tertiary/aromatic N) is 1. The number of hydrogen-bond acceptors (Lipinski definition) is 2. The number of carboxylic acid groups (broad SMARTS) is 1. The quantitative estimate of drug-likeness (QED) is 0.459. The van der Waals surface area contributed by atoms with Crippen molar-refractivity contribution in [1.82, 2.24) is 0 Å². The molecular formula is C18H19NO2. The van der Waals surface area contributed by atoms with Crippen LogP contribution in [0.15, 0.2) is 59.7 Å². The molecule has 0 saturated heterocycles. The predicted octanol–water partition coefficient (Wildman–Crippen LogP) is 4.35. The van der Waals surface area contributed by atoms with Crippen molar-refractivity contribution in [2.24, 2.45) is 0 Å². The summed E-state index contributed by atoms with van der Waals surface area (Å²) in [6.45, 7) is 2.06. The molecule has 3 heteroatoms. The van der Waals surface area contributed by atoms with E-state index in [1.807, 2.05) is 48.6 Å². The maximum absolute atomic E-state index is 11.4. The van der Waals surface area contributed by atoms with Gasteiger partial charge in [-0.2, -0.15) is 5.26 Å². The second kappa shape index (κ2) is 9.33. The standard InChI is InChI=1S/C18H19NO2/c1-2-3-10-16(17(18(20)21)11-7-14-19)13-12-15-8-5-4-6-9-15/h4-9,11-13H,2-3,10H2,1H3,(H,20,21). The summed E-state index contributed by atoms with van der Waals surface area (Å²) in [5, 5.41) is 17.9. The highest BCUT2D eigenvalue weighted by Crippen LogP contribution is 2.18. The fourth-order valence-electron chi connectivity index (χ4n) is 1.87. The minimum Gasteiger partial charge on any atom is -0.478 e. The van der Waals surface area contributed by atoms with Gasteiger partial charge in [-0.05, 0) is 30.1 Å². The van der Waals surface area contributed by atoms with Crippen molar-refractivity contribution in [3.05, 3.63) is 65.3 Å². The van der Waals surface area contributed by atoms with Gasteiger partial charge in [0.2, 0.25) is 0 Å². The highest BCUT2D eigenvalue weighted by molar-refractivity contribution is 5.91. The molecule has 3 nitrogen and oxygen atoms in total. The highest BCUT2D eigenvalue weighted by Gasteiger charge is 2.09. The van der Waals surface area contributed by atoms with Gasteiger partial charge in [0.1, 0.15) is 0 Å². The zero-order valence-electron chi connectivity index (χ0n) is 12.1. The van der Waals surface area contributed by atoms with Gasteiger partial charge in [0.05, 0.1) is 11.6 Å². The predicted molar refractivity (Wildman–Crippen MR) is 84.4 cm³/mol. The Hall–Kier alpha value is -2.60. The molecule has 108 valence electrons. The van der Waals surface area contributed by atoms with Gasteiger partial charge >= 0.3 is 5.97 Å². The molecule has 0 bridgehead atoms. The van der Waals surface area contributed by atoms with E-state index in [9.17, 15) is 9.90 Å². The molecule has 1 rings (SSSR count). The van der Waals surface area contributed by atoms with Crippen molar-refractivity contribution < 1.29 is 9.90 Å². The van der Waals surface area contributed by atoms with E-state index in [2.05, 4.69) is 6.92 Å². The molecular weight excluding hydrogens is 262 g/mol. The van der Waals surface area contributed by atoms with Gasteiger partial charge in [-0.1, -0.05) is 55.8 Å². The van der Waals surface area contributed by atoms with E-state index in [1.165, 1.54) is 12.2 Å². The SMILES string of the molecule is CCCCC(C=Cc1ccccc1)=C(C=CC#N)C(=O)O. The Bertz CT molecular complexity index is 589. The van der Waals surface area contributed by atoms with Gasteiger partial charge in [0, 0.05) is 6.08 Å². The molecule has 0 atom stereocenters. The van der Waals surface area contributed by atoms with Gasteiger partial charge in [-0.25, -0.2) is 4.79 Å². The minimum atomic E-state index is -1.01. The van der Waals surface area contributed by atoms with E-state index >= 15 is 0 Å². The number of nitriles is 1. The summed E-state index contributed by atoms with van der Waals surface area (Å²) in [6, 6.07) is 11.6. The second-order valence-corrected chi connectivity index (χ2v) is 4.55. The van der Waals surface area contributed by atoms with Crippen LogP contribution in [0, 0.1) is 11.3 Å². The third-order valence-corrected chi connectivity index (χ3v) is 2.98. The molecule has 0 aliphatic rings. The van der Waals surface area contributed by atoms with Crippen molar-refractivity contribution in [3.63, 3.8) is 0 Å². The van der Waals surface area contributed by atoms with E-state index in [4.69, 9.17) is 5.26 Å². The van der Waals surface area contributed by atoms with Crippen LogP contribution in [0.2, 0.25) is 0 Å². The number of hydrogen-bond donors (Lipinski definition) is 1. The Labute approximate surface area is 125 Å². The molecule has 0 aliphatic carbocycles. The fourth-order valence-corrected chi connectivity index (χ4v) is 1.87. The lowest BCUT2D eigenvalue weighted by Crippen LogP contribution is -2.02. The molecule has 0 aromatic heterocycles. The van der Waals surface area contributed by atoms with Crippen LogP contribution in [0.25, 0.3) is 6.08 Å². The topological polar surface area (TPSA) is 61.1 Å². The number of benzene rings is 1. The van der Waals surface area contributed by atoms with Crippen molar-refractivity contribution in [1.29, 1.82) is 5.26 Å². The van der Waals surface area contributed by atoms with Gasteiger partial charge in [0.25, 0.3) is 0 Å². The summed E-state index contributed by atoms with van der Waals surface area (Å²) in [7, 11) is 0. The third-order valence-electron chi connectivity index (χ3n) is 2.98. The van der Waals surface area contributed by atoms with Crippen LogP contribution < -0.4 is 0 Å². The number of rotatable bonds is 7. The zero-order valence-corrected chi connectivity index (χ0v) is 12.1. The van der Waals surface area contributed by atoms with E-state index in [0.717, 1.165) is 24.0 Å². The molecule has 21 heavy (non-hydrogen) atoms. The van der Waals surface area contributed by atoms with Crippen LogP contribution in [-0.4, -0.2) is 11.1 Å². The molecule has 0 amide bonds. The molecule has 0 saturated carbocycles. The van der Waals surface area contributed by atoms with Crippen molar-refractivity contribution in [2.45, 2.75) is 26.2 Å². The van der Waals surface area contributed by atoms with Crippen LogP contribution in [0.4, 0.5) is 0 Å². The monoisotopic (exact) mass is 281 g/mol. The first-order valence-electron chi connectivity index (χ1n) is 6.94. The van der Waals surface area contributed by atoms with E-state index in [1.54, 1.807) is 0 Å². The van der Waals surface area contributed by atoms with Gasteiger partial charge in [-0.3, -0.25) is 0 Å². The largest absolute Gasteiger partial charge is 0.478 e. The molecule has 0 spiro atoms. The van der Waals surface area contributed by atoms with Crippen LogP contribution in [-0.2, 0) is 4.79 Å². The Kier molecular flexibility index (Phi) is 7.31. The molecule has 1 N–H and O–H groups in total. The van der Waals surface area contributed by atoms with Crippen LogP contribution in [0.5, 0.6) is 0 Å². The highest BCUT2D eigenvalue weighted by atomic mass is 16.4. The summed E-state index contributed by atoms with van der Waals surface area (Å²) in [4.78, 5) is 11.4. The Morgan fingerprint density at radius 3 is 2.57 bits per heavy atom. The van der Waals surface area contributed by atoms with Crippen molar-refractivity contribution in [3.8, 4) is 6.07 Å². The number of carboxylic acids is 1. The van der Waals surface area contributed by atoms with Crippen LogP contribution in [0.1, 0.15) is 31.7 Å². The van der Waals surface area contributed by atoms with Gasteiger partial charge in [0.15, 0.2) is 0 Å². The first-order valence-corrected chi connectivity index (χ1v) is 6.94. The van der Waals surface area contributed by atoms with Gasteiger partial charge in [-0.15, -0.1) is 0 Å². The lowest BCUT2D eigenvalue weighted by Gasteiger charge is -2.05. The molecule has 0 aliphatic heterocycles. The summed E-state index contributed by atoms with van der Waals surface area (Å²) < 4.78 is 0. The molecule has 0 heterocycles.